The molecule has 6 aromatic rings. The fraction of sp³-hybridized carbons (Fsp3) is 0.369. The van der Waals surface area contributed by atoms with E-state index in [1.165, 1.54) is 57.5 Å². The van der Waals surface area contributed by atoms with Gasteiger partial charge in [0.25, 0.3) is 11.4 Å². The number of halogens is 2. The van der Waals surface area contributed by atoms with Gasteiger partial charge in [-0.05, 0) is 154 Å². The van der Waals surface area contributed by atoms with Gasteiger partial charge in [0.05, 0.1) is 30.6 Å². The van der Waals surface area contributed by atoms with E-state index >= 15 is 0 Å². The summed E-state index contributed by atoms with van der Waals surface area (Å²) in [6.45, 7) is 14.6. The van der Waals surface area contributed by atoms with Gasteiger partial charge in [0.2, 0.25) is 0 Å². The number of benzene rings is 6. The maximum Gasteiger partial charge on any atom is 1.00 e. The van der Waals surface area contributed by atoms with Gasteiger partial charge in [-0.3, -0.25) is 39.3 Å². The van der Waals surface area contributed by atoms with Crippen molar-refractivity contribution in [1.82, 2.24) is 5.32 Å². The van der Waals surface area contributed by atoms with Crippen molar-refractivity contribution >= 4 is 154 Å². The zero-order valence-electron chi connectivity index (χ0n) is 61.7. The second kappa shape index (κ2) is 60.1. The Morgan fingerprint density at radius 3 is 1.32 bits per heavy atom. The van der Waals surface area contributed by atoms with Crippen molar-refractivity contribution < 1.29 is 123 Å². The molecular weight excluding hydrogens is 1650 g/mol. The number of amidine groups is 1. The number of anilines is 9. The van der Waals surface area contributed by atoms with E-state index in [4.69, 9.17) is 51.9 Å². The molecule has 16 N–H and O–H groups in total. The van der Waals surface area contributed by atoms with Crippen molar-refractivity contribution in [2.45, 2.75) is 41.5 Å². The summed E-state index contributed by atoms with van der Waals surface area (Å²) in [6.07, 6.45) is 1.95. The number of thiocarbonyl (C=S) groups is 1. The van der Waals surface area contributed by atoms with Crippen LogP contribution in [-0.4, -0.2) is 157 Å². The van der Waals surface area contributed by atoms with E-state index in [0.29, 0.717) is 40.2 Å². The molecule has 0 radical (unpaired) electrons. The molecule has 0 aliphatic carbocycles. The molecule has 1 heterocycles. The largest absolute Gasteiger partial charge is 1.00 e. The quantitative estimate of drug-likeness (QED) is 0.00646. The van der Waals surface area contributed by atoms with Gasteiger partial charge in [0, 0.05) is 187 Å². The molecule has 0 aromatic heterocycles. The van der Waals surface area contributed by atoms with Crippen LogP contribution in [0.15, 0.2) is 114 Å². The maximum atomic E-state index is 10.6. The Hall–Kier alpha value is -5.41. The van der Waals surface area contributed by atoms with Gasteiger partial charge in [-0.25, -0.2) is 10.3 Å². The number of alkyl halides is 1. The van der Waals surface area contributed by atoms with Crippen LogP contribution in [0, 0.1) is 79.9 Å². The fourth-order valence-electron chi connectivity index (χ4n) is 7.98. The van der Waals surface area contributed by atoms with Gasteiger partial charge in [-0.2, -0.15) is 8.42 Å². The number of guanidine groups is 1. The molecule has 100 heavy (non-hydrogen) atoms. The van der Waals surface area contributed by atoms with E-state index in [1.54, 1.807) is 32.0 Å². The minimum absolute atomic E-state index is 0. The number of aliphatic imine (C=N–C) groups is 1. The number of thiocyanates is 1. The maximum absolute atomic E-state index is 10.6. The number of nitriles is 1. The van der Waals surface area contributed by atoms with E-state index in [1.807, 2.05) is 129 Å². The Balaban J connectivity index is -0.000000198. The number of nitrogens with zero attached hydrogens (tertiary/aromatic N) is 9. The first kappa shape index (κ1) is 108. The average Bonchev–Trinajstić information content (AvgIpc) is 0.993. The van der Waals surface area contributed by atoms with Crippen molar-refractivity contribution in [2.75, 3.05) is 169 Å². The number of nitrogens with two attached hydrogens (primary N) is 6. The third-order valence-electron chi connectivity index (χ3n) is 12.9. The Labute approximate surface area is 694 Å². The molecule has 0 bridgehead atoms. The van der Waals surface area contributed by atoms with Crippen LogP contribution in [0.4, 0.5) is 68.2 Å². The standard InChI is InChI=1S/C12H18N4.C11H17N3S.C10H15N3S.C9H12N2O2.C9H14N2.C7H8N2O2.C2H8N2.C2H6O4S.CH3I.CHNS.CH3.HI.K.Ni/c1-9-10(15-12-13-7-8-14-12)5-4-6-11(9)16(2)3;1-8-9(13-11(12)15-4)6-5-7-10(8)14(2)3;1-7-8(12-10(11)14)5-4-6-9(7)13(2)3;1-7-8(10(2)3)5-4-6-9(7)11(12)13;1-7-8(10)5-4-6-9(7)11(2)3;1-5-6(8)3-2-4-7(5)9(10)11;3-1-2-4;1-5-7(3,4)6-2;1-2;2-1-3;;;;/h4-6H,7-8H2,1-3H3,(H2,13,14,15);5-7H,1-4H3,(H2,12,13);4-6H,1-3H3,(H3,11,12,14);4-6H,1-3H3;4-6H,10H2,1-3H3;2-4H,8H2,1H3;1-4H2;1-2H3;1H3;3H;1H3;1H;;/q;;;;;;;;;;-1;;+1;/p-1. The number of thioether (sulfide) groups is 1. The van der Waals surface area contributed by atoms with Gasteiger partial charge >= 0.3 is 67.0 Å². The van der Waals surface area contributed by atoms with Crippen molar-refractivity contribution in [3.8, 4) is 5.40 Å². The Bertz CT molecular complexity index is 3550. The number of nitro groups is 2. The molecule has 1 aliphatic heterocycles. The first-order chi connectivity index (χ1) is 45.0. The Morgan fingerprint density at radius 2 is 0.990 bits per heavy atom. The first-order valence-electron chi connectivity index (χ1n) is 29.0. The predicted molar refractivity (Wildman–Crippen MR) is 429 cm³/mol. The molecule has 1 aliphatic rings. The molecule has 0 atom stereocenters. The zero-order valence-corrected chi connectivity index (χ0v) is 73.4. The number of hydrogen-bond acceptors (Lipinski definition) is 24. The number of nitro benzene ring substituents is 2. The van der Waals surface area contributed by atoms with Gasteiger partial charge in [0.15, 0.2) is 11.1 Å². The van der Waals surface area contributed by atoms with Crippen LogP contribution in [-0.2, 0) is 47.9 Å². The summed E-state index contributed by atoms with van der Waals surface area (Å²) in [5.41, 5.74) is 48.5. The van der Waals surface area contributed by atoms with E-state index in [9.17, 15) is 28.6 Å². The molecule has 0 saturated carbocycles. The zero-order chi connectivity index (χ0) is 74.6. The van der Waals surface area contributed by atoms with Crippen molar-refractivity contribution in [2.24, 2.45) is 27.9 Å². The second-order valence-corrected chi connectivity index (χ2v) is 23.6. The molecule has 0 fully saturated rings. The minimum atomic E-state index is -3.66. The van der Waals surface area contributed by atoms with Gasteiger partial charge in [-0.1, -0.05) is 64.4 Å². The number of rotatable bonds is 13. The molecule has 0 amide bonds. The molecule has 6 aromatic carbocycles. The molecule has 0 unspecified atom stereocenters. The minimum Gasteiger partial charge on any atom is -1.00 e. The van der Waals surface area contributed by atoms with E-state index < -0.39 is 15.3 Å². The molecule has 558 valence electrons. The summed E-state index contributed by atoms with van der Waals surface area (Å²) < 4.78 is 27.5. The van der Waals surface area contributed by atoms with Crippen molar-refractivity contribution in [1.29, 1.82) is 5.26 Å². The van der Waals surface area contributed by atoms with Gasteiger partial charge < -0.3 is 113 Å². The fourth-order valence-corrected chi connectivity index (χ4v) is 8.44. The van der Waals surface area contributed by atoms with Crippen LogP contribution in [0.5, 0.6) is 0 Å². The van der Waals surface area contributed by atoms with Crippen LogP contribution in [0.2, 0.25) is 0 Å². The molecule has 7 rings (SSSR count). The van der Waals surface area contributed by atoms with Gasteiger partial charge in [-0.15, -0.1) is 0 Å². The summed E-state index contributed by atoms with van der Waals surface area (Å²) in [7, 11) is 18.4. The summed E-state index contributed by atoms with van der Waals surface area (Å²) >= 11 is 12.2. The molecular formula is C65H105I2KN19NiO8S4-. The van der Waals surface area contributed by atoms with E-state index in [2.05, 4.69) is 153 Å². The smallest absolute Gasteiger partial charge is 1.00 e. The SMILES string of the molecule is CI.COS(=O)(=O)OC.CSC(N)=[NH+]c1cccc(N(C)C)c1C.Cc1c(N(C)C)cccc1[N+](=O)[O-].Cc1c(N)cccc1N(C)C.Cc1c(N)cccc1[N+](=O)[O-].Cc1c(NC(N)=S)cccc1N(C)C.Cc1c(NC2=NCCN2)cccc1N(C)C.N#C[S-].NCCN.[CH3-].[I-].[K+].[Ni]. The molecule has 27 nitrogen and oxygen atoms in total. The number of nitrogen functional groups attached to an aromatic ring is 2. The third kappa shape index (κ3) is 42.9. The normalized spacial score (nSPS) is 10.0. The van der Waals surface area contributed by atoms with E-state index in [-0.39, 0.29) is 116 Å². The van der Waals surface area contributed by atoms with Crippen LogP contribution >= 0.6 is 46.6 Å². The predicted octanol–water partition coefficient (Wildman–Crippen LogP) is 2.65. The monoisotopic (exact) mass is 1760 g/mol. The van der Waals surface area contributed by atoms with Gasteiger partial charge in [0.1, 0.15) is 5.69 Å². The van der Waals surface area contributed by atoms with Crippen molar-refractivity contribution in [3.63, 3.8) is 0 Å². The molecule has 35 heteroatoms. The number of hydrogen-bond donors (Lipinski definition) is 10. The van der Waals surface area contributed by atoms with Crippen LogP contribution in [0.25, 0.3) is 0 Å². The summed E-state index contributed by atoms with van der Waals surface area (Å²) in [4.78, 5) is 39.8. The Kier molecular flexibility index (Phi) is 64.9. The van der Waals surface area contributed by atoms with Crippen molar-refractivity contribution in [3.05, 3.63) is 170 Å². The summed E-state index contributed by atoms with van der Waals surface area (Å²) in [6, 6.07) is 34.1. The van der Waals surface area contributed by atoms with E-state index in [0.717, 1.165) is 78.5 Å². The Morgan fingerprint density at radius 1 is 0.660 bits per heavy atom. The van der Waals surface area contributed by atoms with Crippen LogP contribution in [0.1, 0.15) is 33.4 Å². The summed E-state index contributed by atoms with van der Waals surface area (Å²) in [5, 5.41) is 39.9. The molecule has 0 spiro atoms. The third-order valence-corrected chi connectivity index (χ3v) is 14.4. The summed E-state index contributed by atoms with van der Waals surface area (Å²) in [5.74, 6) is 0.874. The molecule has 0 saturated heterocycles. The van der Waals surface area contributed by atoms with Crippen LogP contribution < -0.4 is 155 Å². The van der Waals surface area contributed by atoms with Crippen LogP contribution in [0.3, 0.4) is 0 Å². The first-order valence-corrected chi connectivity index (χ1v) is 34.5. The average molecular weight is 1760 g/mol. The second-order valence-electron chi connectivity index (χ2n) is 20.6. The number of nitrogens with one attached hydrogen (secondary N) is 4. The topological polar surface area (TPSA) is 397 Å².